The third-order valence-electron chi connectivity index (χ3n) is 0.723. The molecule has 3 radical (unpaired) electrons. The fourth-order valence-electron chi connectivity index (χ4n) is 0.318. The van der Waals surface area contributed by atoms with Gasteiger partial charge in [-0.05, 0) is 13.3 Å². The lowest BCUT2D eigenvalue weighted by molar-refractivity contribution is -0.0624. The van der Waals surface area contributed by atoms with Gasteiger partial charge < -0.3 is 9.16 Å². The Hall–Kier alpha value is 0.137. The van der Waals surface area contributed by atoms with Crippen LogP contribution in [0.25, 0.3) is 0 Å². The van der Waals surface area contributed by atoms with Crippen molar-refractivity contribution >= 4 is 10.5 Å². The van der Waals surface area contributed by atoms with E-state index >= 15 is 0 Å². The van der Waals surface area contributed by atoms with Crippen molar-refractivity contribution in [2.45, 2.75) is 26.6 Å². The van der Waals surface area contributed by atoms with Crippen molar-refractivity contribution in [2.75, 3.05) is 6.61 Å². The van der Waals surface area contributed by atoms with Gasteiger partial charge in [-0.2, -0.15) is 0 Å². The van der Waals surface area contributed by atoms with Gasteiger partial charge >= 0.3 is 0 Å². The maximum atomic E-state index is 5.07. The SMILES string of the molecule is CCCOC(C)O[Si]. The van der Waals surface area contributed by atoms with Crippen molar-refractivity contribution in [1.29, 1.82) is 0 Å². The van der Waals surface area contributed by atoms with Gasteiger partial charge in [0.15, 0.2) is 0 Å². The second-order valence-corrected chi connectivity index (χ2v) is 1.79. The largest absolute Gasteiger partial charge is 0.394 e. The minimum absolute atomic E-state index is 0.133. The Morgan fingerprint density at radius 1 is 1.62 bits per heavy atom. The Morgan fingerprint density at radius 2 is 2.25 bits per heavy atom. The molecule has 1 atom stereocenters. The second kappa shape index (κ2) is 5.28. The first kappa shape index (κ1) is 8.14. The molecular weight excluding hydrogens is 120 g/mol. The summed E-state index contributed by atoms with van der Waals surface area (Å²) >= 11 is 0. The lowest BCUT2D eigenvalue weighted by Gasteiger charge is -2.08. The standard InChI is InChI=1S/C5H11O2Si/c1-3-4-6-5(2)7-8/h5H,3-4H2,1-2H3. The van der Waals surface area contributed by atoms with Gasteiger partial charge in [0, 0.05) is 6.61 Å². The molecule has 0 aliphatic heterocycles. The van der Waals surface area contributed by atoms with E-state index in [1.807, 2.05) is 6.92 Å². The molecule has 2 nitrogen and oxygen atoms in total. The summed E-state index contributed by atoms with van der Waals surface area (Å²) in [5, 5.41) is 0. The van der Waals surface area contributed by atoms with Gasteiger partial charge in [0.2, 0.25) is 10.5 Å². The third-order valence-corrected chi connectivity index (χ3v) is 1.05. The van der Waals surface area contributed by atoms with Crippen LogP contribution in [0.2, 0.25) is 0 Å². The van der Waals surface area contributed by atoms with Gasteiger partial charge in [-0.25, -0.2) is 0 Å². The fraction of sp³-hybridized carbons (Fsp3) is 1.00. The number of hydrogen-bond donors (Lipinski definition) is 0. The van der Waals surface area contributed by atoms with Crippen molar-refractivity contribution in [3.8, 4) is 0 Å². The molecule has 0 amide bonds. The average Bonchev–Trinajstić information content (AvgIpc) is 1.83. The molecule has 0 aromatic carbocycles. The smallest absolute Gasteiger partial charge is 0.249 e. The summed E-state index contributed by atoms with van der Waals surface area (Å²) in [5.41, 5.74) is 0. The van der Waals surface area contributed by atoms with Crippen LogP contribution in [0.4, 0.5) is 0 Å². The summed E-state index contributed by atoms with van der Waals surface area (Å²) in [6.07, 6.45) is 0.895. The molecule has 0 aromatic rings. The highest BCUT2D eigenvalue weighted by Crippen LogP contribution is 1.90. The van der Waals surface area contributed by atoms with Crippen molar-refractivity contribution < 1.29 is 9.16 Å². The molecule has 47 valence electrons. The van der Waals surface area contributed by atoms with Crippen LogP contribution in [0.1, 0.15) is 20.3 Å². The van der Waals surface area contributed by atoms with E-state index < -0.39 is 0 Å². The lowest BCUT2D eigenvalue weighted by Crippen LogP contribution is -2.11. The summed E-state index contributed by atoms with van der Waals surface area (Å²) in [5.74, 6) is 0. The Labute approximate surface area is 53.7 Å². The van der Waals surface area contributed by atoms with Crippen molar-refractivity contribution in [2.24, 2.45) is 0 Å². The molecule has 1 unspecified atom stereocenters. The van der Waals surface area contributed by atoms with E-state index in [9.17, 15) is 0 Å². The van der Waals surface area contributed by atoms with E-state index in [4.69, 9.17) is 4.74 Å². The first-order chi connectivity index (χ1) is 3.81. The first-order valence-electron chi connectivity index (χ1n) is 2.75. The van der Waals surface area contributed by atoms with Gasteiger partial charge in [-0.1, -0.05) is 6.92 Å². The van der Waals surface area contributed by atoms with Crippen LogP contribution in [-0.4, -0.2) is 23.4 Å². The Bertz CT molecular complexity index is 49.7. The van der Waals surface area contributed by atoms with E-state index in [0.29, 0.717) is 0 Å². The van der Waals surface area contributed by atoms with Crippen molar-refractivity contribution in [3.05, 3.63) is 0 Å². The summed E-state index contributed by atoms with van der Waals surface area (Å²) in [7, 11) is 2.86. The highest BCUT2D eigenvalue weighted by atomic mass is 28.2. The molecule has 0 aliphatic carbocycles. The third kappa shape index (κ3) is 4.30. The number of ether oxygens (including phenoxy) is 1. The minimum Gasteiger partial charge on any atom is -0.394 e. The van der Waals surface area contributed by atoms with Gasteiger partial charge in [-0.15, -0.1) is 0 Å². The molecule has 8 heavy (non-hydrogen) atoms. The van der Waals surface area contributed by atoms with Crippen LogP contribution in [0.15, 0.2) is 0 Å². The minimum atomic E-state index is -0.133. The summed E-state index contributed by atoms with van der Waals surface area (Å²) < 4.78 is 9.70. The zero-order valence-corrected chi connectivity index (χ0v) is 6.31. The van der Waals surface area contributed by atoms with Gasteiger partial charge in [0.1, 0.15) is 6.29 Å². The van der Waals surface area contributed by atoms with E-state index in [0.717, 1.165) is 13.0 Å². The quantitative estimate of drug-likeness (QED) is 0.416. The maximum absolute atomic E-state index is 5.07. The molecule has 0 aromatic heterocycles. The Balaban J connectivity index is 2.86. The number of rotatable bonds is 4. The molecule has 3 heteroatoms. The molecule has 0 saturated heterocycles. The van der Waals surface area contributed by atoms with Crippen molar-refractivity contribution in [1.82, 2.24) is 0 Å². The van der Waals surface area contributed by atoms with Crippen LogP contribution in [-0.2, 0) is 9.16 Å². The van der Waals surface area contributed by atoms with Crippen LogP contribution in [0, 0.1) is 0 Å². The first-order valence-corrected chi connectivity index (χ1v) is 3.16. The molecule has 0 spiro atoms. The summed E-state index contributed by atoms with van der Waals surface area (Å²) in [4.78, 5) is 0. The normalized spacial score (nSPS) is 13.9. The molecule has 0 rings (SSSR count). The molecule has 0 saturated carbocycles. The maximum Gasteiger partial charge on any atom is 0.249 e. The van der Waals surface area contributed by atoms with Crippen LogP contribution in [0.3, 0.4) is 0 Å². The van der Waals surface area contributed by atoms with Crippen molar-refractivity contribution in [3.63, 3.8) is 0 Å². The highest BCUT2D eigenvalue weighted by molar-refractivity contribution is 5.98. The van der Waals surface area contributed by atoms with Gasteiger partial charge in [0.25, 0.3) is 0 Å². The fourth-order valence-corrected chi connectivity index (χ4v) is 0.386. The molecule has 0 heterocycles. The highest BCUT2D eigenvalue weighted by Gasteiger charge is 1.93. The van der Waals surface area contributed by atoms with Gasteiger partial charge in [0.05, 0.1) is 0 Å². The molecule has 0 aliphatic rings. The monoisotopic (exact) mass is 131 g/mol. The molecule has 0 fully saturated rings. The zero-order chi connectivity index (χ0) is 6.41. The van der Waals surface area contributed by atoms with E-state index in [2.05, 4.69) is 21.8 Å². The van der Waals surface area contributed by atoms with Crippen LogP contribution in [0.5, 0.6) is 0 Å². The predicted molar refractivity (Wildman–Crippen MR) is 32.5 cm³/mol. The lowest BCUT2D eigenvalue weighted by atomic mass is 10.5. The van der Waals surface area contributed by atoms with E-state index in [1.165, 1.54) is 0 Å². The zero-order valence-electron chi connectivity index (χ0n) is 5.31. The predicted octanol–water partition coefficient (Wildman–Crippen LogP) is 0.859. The molecule has 0 bridgehead atoms. The van der Waals surface area contributed by atoms with Crippen LogP contribution < -0.4 is 0 Å². The Kier molecular flexibility index (Phi) is 5.37. The van der Waals surface area contributed by atoms with Crippen LogP contribution >= 0.6 is 0 Å². The second-order valence-electron chi connectivity index (χ2n) is 1.56. The van der Waals surface area contributed by atoms with E-state index in [1.54, 1.807) is 0 Å². The topological polar surface area (TPSA) is 18.5 Å². The summed E-state index contributed by atoms with van der Waals surface area (Å²) in [6, 6.07) is 0. The average molecular weight is 131 g/mol. The summed E-state index contributed by atoms with van der Waals surface area (Å²) in [6.45, 7) is 4.65. The molecular formula is C5H11O2Si. The Morgan fingerprint density at radius 3 is 2.62 bits per heavy atom. The molecule has 0 N–H and O–H groups in total. The van der Waals surface area contributed by atoms with Gasteiger partial charge in [-0.3, -0.25) is 0 Å². The van der Waals surface area contributed by atoms with E-state index in [-0.39, 0.29) is 6.29 Å². The number of hydrogen-bond acceptors (Lipinski definition) is 2.